The first kappa shape index (κ1) is 67.9. The fraction of sp³-hybridized carbons (Fsp3) is 0.302. The van der Waals surface area contributed by atoms with Crippen molar-refractivity contribution in [1.29, 1.82) is 0 Å². The zero-order valence-corrected chi connectivity index (χ0v) is 56.0. The van der Waals surface area contributed by atoms with Crippen molar-refractivity contribution < 1.29 is 26.4 Å². The summed E-state index contributed by atoms with van der Waals surface area (Å²) < 4.78 is 54.9. The van der Waals surface area contributed by atoms with E-state index in [1.165, 1.54) is 33.1 Å². The largest absolute Gasteiger partial charge is 0.376 e. The van der Waals surface area contributed by atoms with Gasteiger partial charge in [0.15, 0.2) is 11.3 Å². The van der Waals surface area contributed by atoms with E-state index in [1.807, 2.05) is 31.0 Å². The van der Waals surface area contributed by atoms with Crippen LogP contribution in [0.2, 0.25) is 20.1 Å². The van der Waals surface area contributed by atoms with E-state index < -0.39 is 20.0 Å². The van der Waals surface area contributed by atoms with Crippen molar-refractivity contribution in [3.05, 3.63) is 172 Å². The van der Waals surface area contributed by atoms with E-state index >= 15 is 0 Å². The van der Waals surface area contributed by atoms with Crippen molar-refractivity contribution in [1.82, 2.24) is 57.9 Å². The summed E-state index contributed by atoms with van der Waals surface area (Å²) in [5.74, 6) is 1.98. The van der Waals surface area contributed by atoms with Crippen LogP contribution in [0, 0.1) is 13.8 Å². The first-order valence-electron chi connectivity index (χ1n) is 29.9. The smallest absolute Gasteiger partial charge is 0.269 e. The van der Waals surface area contributed by atoms with Crippen LogP contribution in [0.25, 0.3) is 33.1 Å². The lowest BCUT2D eigenvalue weighted by Gasteiger charge is -2.33. The lowest BCUT2D eigenvalue weighted by atomic mass is 10.1. The number of fused-ring (bicyclic) bond motifs is 3. The third kappa shape index (κ3) is 16.7. The standard InChI is InChI=1S/C26H26Cl2N6O3S.C19H20Cl2N6O.C18H21N5O2S.ClH/c1-17-4-6-22(7-5-17)38(36,37)34-10-8-23-25(30-16-31-26(23)34)32-20-3-2-9-33(15-20)24(35)14-29-21-12-18(27)11-19(28)13-21;20-12-6-13(21)8-15(7-12)23-9-17(28)27-5-1-2-14(10-27)26-19-16-3-4-22-18(16)24-11-25-19;1-13-4-6-15(7-5-13)26(24,25)23-10-8-16-17(20-12-21-18(16)23)22-14-3-2-9-19-11-14;/h4-8,10-13,16,20,29H,2-3,9,14-15H2,1H3,(H,30,31,32);3-4,6-8,11,14,23H,1-2,5,9-10H2,(H2,22,24,25,26);4-8,10,12,14,19H,2-3,9,11H2,1H3,(H,20,21,22);1H/t20-;2*14-;/m000./s1. The minimum absolute atomic E-state index is 0. The number of benzene rings is 4. The molecule has 4 aromatic carbocycles. The topological polar surface area (TPSA) is 284 Å². The molecule has 0 bridgehead atoms. The second-order valence-electron chi connectivity index (χ2n) is 22.6. The van der Waals surface area contributed by atoms with E-state index in [9.17, 15) is 26.4 Å². The monoisotopic (exact) mass is 1400 g/mol. The number of hydrogen-bond acceptors (Lipinski definition) is 18. The molecule has 0 spiro atoms. The maximum atomic E-state index is 13.3. The van der Waals surface area contributed by atoms with Gasteiger partial charge in [-0.2, -0.15) is 0 Å². The molecular weight excluding hydrogens is 1330 g/mol. The third-order valence-electron chi connectivity index (χ3n) is 15.9. The SMILES string of the molecule is Cc1ccc(S(=O)(=O)n2ccc3c(N[C@H]4CCCN(C(=O)CNc5cc(Cl)cc(Cl)c5)C4)ncnc32)cc1.Cc1ccc(S(=O)(=O)n2ccc3c(N[C@H]4CCCNC4)ncnc32)cc1.Cl.O=C(CNc1cc(Cl)cc(Cl)c1)N1CCC[C@H](Nc2ncnc3[nH]ccc23)C1. The number of H-pyrrole nitrogens is 1. The van der Waals surface area contributed by atoms with Crippen LogP contribution in [0.1, 0.15) is 49.7 Å². The van der Waals surface area contributed by atoms with Crippen LogP contribution >= 0.6 is 58.8 Å². The molecule has 6 aromatic heterocycles. The molecule has 3 saturated heterocycles. The van der Waals surface area contributed by atoms with Crippen molar-refractivity contribution in [2.75, 3.05) is 78.9 Å². The number of piperidine rings is 3. The van der Waals surface area contributed by atoms with Gasteiger partial charge in [0.05, 0.1) is 39.0 Å². The number of halogens is 5. The minimum atomic E-state index is -3.82. The molecule has 0 radical (unpaired) electrons. The summed E-state index contributed by atoms with van der Waals surface area (Å²) in [6.45, 7) is 8.55. The number of rotatable bonds is 16. The molecule has 0 aliphatic carbocycles. The van der Waals surface area contributed by atoms with E-state index in [0.717, 1.165) is 91.8 Å². The molecule has 3 fully saturated rings. The fourth-order valence-corrected chi connectivity index (χ4v) is 14.9. The molecule has 93 heavy (non-hydrogen) atoms. The molecule has 3 atom stereocenters. The number of aryl methyl sites for hydroxylation is 2. The Morgan fingerprint density at radius 3 is 1.39 bits per heavy atom. The summed E-state index contributed by atoms with van der Waals surface area (Å²) in [7, 11) is -7.52. The van der Waals surface area contributed by atoms with Gasteiger partial charge in [-0.25, -0.2) is 54.7 Å². The average Bonchev–Trinajstić information content (AvgIpc) is 1.75. The van der Waals surface area contributed by atoms with Crippen molar-refractivity contribution in [3.63, 3.8) is 0 Å². The van der Waals surface area contributed by atoms with Crippen LogP contribution in [0.3, 0.4) is 0 Å². The van der Waals surface area contributed by atoms with Crippen LogP contribution in [0.4, 0.5) is 28.8 Å². The van der Waals surface area contributed by atoms with Crippen LogP contribution in [-0.4, -0.2) is 152 Å². The zero-order chi connectivity index (χ0) is 64.5. The Morgan fingerprint density at radius 1 is 0.527 bits per heavy atom. The van der Waals surface area contributed by atoms with Gasteiger partial charge in [-0.3, -0.25) is 9.59 Å². The fourth-order valence-electron chi connectivity index (χ4n) is 11.2. The lowest BCUT2D eigenvalue weighted by Crippen LogP contribution is -2.47. The summed E-state index contributed by atoms with van der Waals surface area (Å²) in [6, 6.07) is 29.5. The number of carbonyl (C=O) groups is 2. The Labute approximate surface area is 564 Å². The van der Waals surface area contributed by atoms with Gasteiger partial charge in [-0.1, -0.05) is 81.8 Å². The Balaban J connectivity index is 0.000000155. The quantitative estimate of drug-likeness (QED) is 0.0473. The van der Waals surface area contributed by atoms with Gasteiger partial charge in [-0.05, 0) is 138 Å². The third-order valence-corrected chi connectivity index (χ3v) is 20.1. The number of nitrogens with one attached hydrogen (secondary N) is 7. The zero-order valence-electron chi connectivity index (χ0n) is 50.6. The highest BCUT2D eigenvalue weighted by Crippen LogP contribution is 2.30. The van der Waals surface area contributed by atoms with Crippen molar-refractivity contribution in [2.24, 2.45) is 0 Å². The first-order valence-corrected chi connectivity index (χ1v) is 34.3. The summed E-state index contributed by atoms with van der Waals surface area (Å²) >= 11 is 24.1. The summed E-state index contributed by atoms with van der Waals surface area (Å²) in [4.78, 5) is 58.4. The van der Waals surface area contributed by atoms with Gasteiger partial charge in [-0.15, -0.1) is 12.4 Å². The average molecular weight is 1400 g/mol. The Bertz CT molecular complexity index is 4460. The second-order valence-corrected chi connectivity index (χ2v) is 28.0. The number of amides is 2. The van der Waals surface area contributed by atoms with Gasteiger partial charge in [0, 0.05) is 101 Å². The van der Waals surface area contributed by atoms with Crippen LogP contribution in [0.15, 0.2) is 150 Å². The Kier molecular flexibility index (Phi) is 22.2. The van der Waals surface area contributed by atoms with Crippen molar-refractivity contribution in [2.45, 2.75) is 80.3 Å². The Hall–Kier alpha value is -8.01. The number of likely N-dealkylation sites (tertiary alicyclic amines) is 2. The van der Waals surface area contributed by atoms with Gasteiger partial charge in [0.25, 0.3) is 20.0 Å². The lowest BCUT2D eigenvalue weighted by molar-refractivity contribution is -0.131. The van der Waals surface area contributed by atoms with Gasteiger partial charge < -0.3 is 46.7 Å². The summed E-state index contributed by atoms with van der Waals surface area (Å²) in [6.07, 6.45) is 14.9. The van der Waals surface area contributed by atoms with Crippen molar-refractivity contribution >= 4 is 153 Å². The molecule has 3 aliphatic heterocycles. The Morgan fingerprint density at radius 2 is 0.946 bits per heavy atom. The van der Waals surface area contributed by atoms with Gasteiger partial charge >= 0.3 is 0 Å². The predicted octanol–water partition coefficient (Wildman–Crippen LogP) is 11.1. The van der Waals surface area contributed by atoms with Crippen LogP contribution in [-0.2, 0) is 29.6 Å². The van der Waals surface area contributed by atoms with E-state index in [0.29, 0.717) is 73.5 Å². The molecule has 488 valence electrons. The molecule has 9 heterocycles. The molecule has 3 aliphatic rings. The second kappa shape index (κ2) is 30.4. The molecule has 0 saturated carbocycles. The maximum absolute atomic E-state index is 13.3. The van der Waals surface area contributed by atoms with Gasteiger partial charge in [0.1, 0.15) is 42.1 Å². The number of anilines is 5. The molecule has 30 heteroatoms. The highest BCUT2D eigenvalue weighted by Gasteiger charge is 2.28. The van der Waals surface area contributed by atoms with E-state index in [-0.39, 0.29) is 70.9 Å². The van der Waals surface area contributed by atoms with E-state index in [1.54, 1.807) is 108 Å². The maximum Gasteiger partial charge on any atom is 0.269 e. The molecule has 7 N–H and O–H groups in total. The van der Waals surface area contributed by atoms with Crippen molar-refractivity contribution in [3.8, 4) is 0 Å². The summed E-state index contributed by atoms with van der Waals surface area (Å²) in [5, 5.41) is 24.1. The van der Waals surface area contributed by atoms with Crippen LogP contribution < -0.4 is 31.9 Å². The van der Waals surface area contributed by atoms with Gasteiger partial charge in [0.2, 0.25) is 11.8 Å². The molecular formula is C63H68Cl5N17O6S2. The van der Waals surface area contributed by atoms with Crippen LogP contribution in [0.5, 0.6) is 0 Å². The van der Waals surface area contributed by atoms with E-state index in [2.05, 4.69) is 66.8 Å². The molecule has 23 nitrogen and oxygen atoms in total. The number of hydrogen-bond donors (Lipinski definition) is 7. The minimum Gasteiger partial charge on any atom is -0.376 e. The normalized spacial score (nSPS) is 16.7. The van der Waals surface area contributed by atoms with E-state index in [4.69, 9.17) is 46.4 Å². The number of aromatic amines is 1. The molecule has 0 unspecified atom stereocenters. The number of aromatic nitrogens is 9. The highest BCUT2D eigenvalue weighted by atomic mass is 35.5. The molecule has 10 aromatic rings. The predicted molar refractivity (Wildman–Crippen MR) is 370 cm³/mol. The first-order chi connectivity index (χ1) is 44.3. The molecule has 2 amide bonds. The number of nitrogens with zero attached hydrogens (tertiary/aromatic N) is 10. The molecule has 13 rings (SSSR count). The summed E-state index contributed by atoms with van der Waals surface area (Å²) in [5.41, 5.74) is 4.86. The highest BCUT2D eigenvalue weighted by molar-refractivity contribution is 7.90. The number of carbonyl (C=O) groups excluding carboxylic acids is 2.